The van der Waals surface area contributed by atoms with Crippen molar-refractivity contribution in [3.05, 3.63) is 234 Å². The number of fused-ring (bicyclic) bond motifs is 7. The molecule has 2 heterocycles. The van der Waals surface area contributed by atoms with Crippen molar-refractivity contribution in [1.29, 1.82) is 0 Å². The molecule has 4 heteroatoms. The van der Waals surface area contributed by atoms with E-state index in [1.807, 2.05) is 6.07 Å². The molecule has 0 bridgehead atoms. The van der Waals surface area contributed by atoms with Gasteiger partial charge >= 0.3 is 0 Å². The highest BCUT2D eigenvalue weighted by Gasteiger charge is 2.37. The molecule has 0 spiro atoms. The molecule has 0 aromatic heterocycles. The zero-order valence-corrected chi connectivity index (χ0v) is 34.7. The summed E-state index contributed by atoms with van der Waals surface area (Å²) in [4.78, 5) is 7.17. The van der Waals surface area contributed by atoms with Crippen LogP contribution in [0.5, 0.6) is 5.75 Å². The van der Waals surface area contributed by atoms with Crippen LogP contribution in [0.3, 0.4) is 0 Å². The molecule has 0 amide bonds. The van der Waals surface area contributed by atoms with Gasteiger partial charge in [0.15, 0.2) is 5.75 Å². The van der Waals surface area contributed by atoms with Crippen LogP contribution in [0.15, 0.2) is 212 Å². The van der Waals surface area contributed by atoms with Gasteiger partial charge in [0.2, 0.25) is 0 Å². The Morgan fingerprint density at radius 1 is 0.484 bits per heavy atom. The first-order chi connectivity index (χ1) is 30.5. The van der Waals surface area contributed by atoms with Crippen LogP contribution < -0.4 is 19.4 Å². The third-order valence-electron chi connectivity index (χ3n) is 13.0. The van der Waals surface area contributed by atoms with Gasteiger partial charge in [-0.05, 0) is 112 Å². The summed E-state index contributed by atoms with van der Waals surface area (Å²) in [5, 5.41) is 2.42. The minimum atomic E-state index is -0.195. The number of nitrogens with zero attached hydrogens (tertiary/aromatic N) is 3. The first kappa shape index (κ1) is 36.1. The highest BCUT2D eigenvalue weighted by molar-refractivity contribution is 6.08. The Balaban J connectivity index is 0.894. The van der Waals surface area contributed by atoms with Crippen molar-refractivity contribution in [1.82, 2.24) is 0 Å². The van der Waals surface area contributed by atoms with Crippen LogP contribution in [0.25, 0.3) is 34.1 Å². The molecule has 4 nitrogen and oxygen atoms in total. The molecular weight excluding hydrogens is 755 g/mol. The van der Waals surface area contributed by atoms with Crippen molar-refractivity contribution >= 4 is 68.4 Å². The minimum Gasteiger partial charge on any atom is -0.457 e. The van der Waals surface area contributed by atoms with Crippen LogP contribution in [0, 0.1) is 0 Å². The Morgan fingerprint density at radius 3 is 1.89 bits per heavy atom. The van der Waals surface area contributed by atoms with E-state index < -0.39 is 0 Å². The van der Waals surface area contributed by atoms with Crippen molar-refractivity contribution in [2.75, 3.05) is 14.7 Å². The SMILES string of the molecule is CC1(C)c2cc(C=Cc3cccc4c(N5c6ccccc6N(c6ccccc6)c6ccccc65)cccc34)ccc2-c2ccc(N3C4=C(CC=CC=C4)Oc4ccccc43)cc21. The van der Waals surface area contributed by atoms with E-state index in [9.17, 15) is 0 Å². The summed E-state index contributed by atoms with van der Waals surface area (Å²) >= 11 is 0. The van der Waals surface area contributed by atoms with E-state index in [0.717, 1.165) is 69.1 Å². The monoisotopic (exact) mass is 797 g/mol. The first-order valence-corrected chi connectivity index (χ1v) is 21.5. The van der Waals surface area contributed by atoms with Gasteiger partial charge in [-0.25, -0.2) is 0 Å². The summed E-state index contributed by atoms with van der Waals surface area (Å²) in [6.45, 7) is 4.73. The van der Waals surface area contributed by atoms with E-state index in [1.165, 1.54) is 44.2 Å². The number of ether oxygens (including phenoxy) is 1. The topological polar surface area (TPSA) is 19.0 Å². The zero-order valence-electron chi connectivity index (χ0n) is 34.7. The number of para-hydroxylation sites is 7. The van der Waals surface area contributed by atoms with Crippen LogP contribution in [0.2, 0.25) is 0 Å². The number of hydrogen-bond donors (Lipinski definition) is 0. The lowest BCUT2D eigenvalue weighted by atomic mass is 9.81. The Bertz CT molecular complexity index is 3200. The fraction of sp³-hybridized carbons (Fsp3) is 0.0690. The van der Waals surface area contributed by atoms with Crippen LogP contribution in [-0.2, 0) is 5.41 Å². The van der Waals surface area contributed by atoms with Gasteiger partial charge in [0.25, 0.3) is 0 Å². The molecular formula is C58H43N3O. The van der Waals surface area contributed by atoms with Gasteiger partial charge in [-0.2, -0.15) is 0 Å². The molecule has 0 N–H and O–H groups in total. The van der Waals surface area contributed by atoms with Gasteiger partial charge in [0.1, 0.15) is 5.76 Å². The molecule has 0 fully saturated rings. The number of benzene rings is 8. The third-order valence-corrected chi connectivity index (χ3v) is 13.0. The van der Waals surface area contributed by atoms with Gasteiger partial charge < -0.3 is 19.4 Å². The van der Waals surface area contributed by atoms with Gasteiger partial charge in [-0.15, -0.1) is 0 Å². The van der Waals surface area contributed by atoms with Crippen LogP contribution >= 0.6 is 0 Å². The summed E-state index contributed by atoms with van der Waals surface area (Å²) < 4.78 is 6.45. The number of allylic oxidation sites excluding steroid dienone is 4. The molecule has 0 unspecified atom stereocenters. The molecule has 0 saturated heterocycles. The summed E-state index contributed by atoms with van der Waals surface area (Å²) in [6.07, 6.45) is 13.9. The van der Waals surface area contributed by atoms with Crippen molar-refractivity contribution < 1.29 is 4.74 Å². The maximum absolute atomic E-state index is 6.45. The molecule has 8 aromatic rings. The van der Waals surface area contributed by atoms with E-state index in [4.69, 9.17) is 4.74 Å². The number of hydrogen-bond acceptors (Lipinski definition) is 4. The standard InChI is InChI=1S/C58H43N3O/c1-58(2)47-37-39(32-35-44(47)45-36-34-42(38-48(45)58)60-54-26-7-4-8-29-56(54)62-57-30-14-13-27-55(57)60)31-33-40-17-15-21-46-43(40)20-16-28-49(46)61-52-24-11-9-22-50(52)59(41-18-5-3-6-19-41)51-23-10-12-25-53(51)61/h3-28,30-38H,29H2,1-2H3. The van der Waals surface area contributed by atoms with Gasteiger partial charge in [0.05, 0.1) is 39.8 Å². The van der Waals surface area contributed by atoms with E-state index in [-0.39, 0.29) is 5.41 Å². The lowest BCUT2D eigenvalue weighted by Gasteiger charge is -2.40. The average Bonchev–Trinajstić information content (AvgIpc) is 3.42. The fourth-order valence-electron chi connectivity index (χ4n) is 10.0. The Labute approximate surface area is 362 Å². The maximum atomic E-state index is 6.45. The summed E-state index contributed by atoms with van der Waals surface area (Å²) in [5.41, 5.74) is 17.6. The molecule has 8 aromatic carbocycles. The second kappa shape index (κ2) is 14.1. The number of anilines is 8. The molecule has 296 valence electrons. The minimum absolute atomic E-state index is 0.195. The molecule has 4 aliphatic rings. The molecule has 62 heavy (non-hydrogen) atoms. The molecule has 0 saturated carbocycles. The largest absolute Gasteiger partial charge is 0.457 e. The summed E-state index contributed by atoms with van der Waals surface area (Å²) in [6, 6.07) is 63.8. The van der Waals surface area contributed by atoms with Crippen molar-refractivity contribution in [2.45, 2.75) is 25.7 Å². The summed E-state index contributed by atoms with van der Waals surface area (Å²) in [7, 11) is 0. The Hall–Kier alpha value is -7.82. The fourth-order valence-corrected chi connectivity index (χ4v) is 10.0. The van der Waals surface area contributed by atoms with Crippen molar-refractivity contribution in [3.63, 3.8) is 0 Å². The molecule has 12 rings (SSSR count). The maximum Gasteiger partial charge on any atom is 0.151 e. The smallest absolute Gasteiger partial charge is 0.151 e. The normalized spacial score (nSPS) is 15.4. The van der Waals surface area contributed by atoms with Crippen LogP contribution in [-0.4, -0.2) is 0 Å². The lowest BCUT2D eigenvalue weighted by molar-refractivity contribution is 0.402. The zero-order chi connectivity index (χ0) is 41.4. The molecule has 0 radical (unpaired) electrons. The second-order valence-corrected chi connectivity index (χ2v) is 16.9. The molecule has 2 aliphatic carbocycles. The summed E-state index contributed by atoms with van der Waals surface area (Å²) in [5.74, 6) is 1.85. The van der Waals surface area contributed by atoms with E-state index in [1.54, 1.807) is 0 Å². The highest BCUT2D eigenvalue weighted by atomic mass is 16.5. The third kappa shape index (κ3) is 5.60. The van der Waals surface area contributed by atoms with Gasteiger partial charge in [0, 0.05) is 28.6 Å². The van der Waals surface area contributed by atoms with Gasteiger partial charge in [-0.3, -0.25) is 0 Å². The van der Waals surface area contributed by atoms with Gasteiger partial charge in [-0.1, -0.05) is 153 Å². The Morgan fingerprint density at radius 2 is 1.11 bits per heavy atom. The second-order valence-electron chi connectivity index (χ2n) is 16.9. The van der Waals surface area contributed by atoms with Crippen LogP contribution in [0.4, 0.5) is 45.5 Å². The van der Waals surface area contributed by atoms with E-state index >= 15 is 0 Å². The lowest BCUT2D eigenvalue weighted by Crippen LogP contribution is -2.24. The predicted molar refractivity (Wildman–Crippen MR) is 259 cm³/mol. The predicted octanol–water partition coefficient (Wildman–Crippen LogP) is 15.8. The van der Waals surface area contributed by atoms with Crippen LogP contribution in [0.1, 0.15) is 42.5 Å². The van der Waals surface area contributed by atoms with E-state index in [2.05, 4.69) is 235 Å². The molecule has 2 aliphatic heterocycles. The quantitative estimate of drug-likeness (QED) is 0.161. The van der Waals surface area contributed by atoms with E-state index in [0.29, 0.717) is 0 Å². The average molecular weight is 798 g/mol. The molecule has 0 atom stereocenters. The number of rotatable bonds is 5. The first-order valence-electron chi connectivity index (χ1n) is 21.5. The van der Waals surface area contributed by atoms with Crippen molar-refractivity contribution in [2.24, 2.45) is 0 Å². The Kier molecular flexibility index (Phi) is 8.23. The van der Waals surface area contributed by atoms with Crippen molar-refractivity contribution in [3.8, 4) is 16.9 Å². The highest BCUT2D eigenvalue weighted by Crippen LogP contribution is 2.56.